The average molecular weight is 404 g/mol. The average Bonchev–Trinajstić information content (AvgIpc) is 3.01. The molecule has 29 heavy (non-hydrogen) atoms. The third-order valence-electron chi connectivity index (χ3n) is 11.1. The third-order valence-corrected chi connectivity index (χ3v) is 11.1. The predicted octanol–water partition coefficient (Wildman–Crippen LogP) is 6.55. The molecule has 0 heterocycles. The zero-order chi connectivity index (χ0) is 21.0. The lowest BCUT2D eigenvalue weighted by molar-refractivity contribution is -0.212. The number of nitrogens with two attached hydrogens (primary N) is 1. The summed E-state index contributed by atoms with van der Waals surface area (Å²) < 4.78 is 0. The zero-order valence-corrected chi connectivity index (χ0v) is 20.1. The molecule has 0 amide bonds. The van der Waals surface area contributed by atoms with Gasteiger partial charge in [-0.05, 0) is 92.3 Å². The molecular weight excluding hydrogens is 354 g/mol. The Morgan fingerprint density at radius 3 is 2.38 bits per heavy atom. The highest BCUT2D eigenvalue weighted by atomic mass is 16.3. The maximum atomic E-state index is 11.7. The fourth-order valence-electron chi connectivity index (χ4n) is 9.44. The molecule has 4 aliphatic carbocycles. The maximum Gasteiger partial charge on any atom is 0.0853 e. The second kappa shape index (κ2) is 7.80. The number of hydrogen-bond donors (Lipinski definition) is 2. The monoisotopic (exact) mass is 403 g/mol. The first-order valence-corrected chi connectivity index (χ1v) is 13.1. The van der Waals surface area contributed by atoms with Crippen molar-refractivity contribution in [2.45, 2.75) is 123 Å². The van der Waals surface area contributed by atoms with E-state index in [0.29, 0.717) is 11.3 Å². The van der Waals surface area contributed by atoms with Crippen molar-refractivity contribution in [3.8, 4) is 0 Å². The van der Waals surface area contributed by atoms with E-state index in [1.165, 1.54) is 64.2 Å². The molecule has 0 unspecified atom stereocenters. The fourth-order valence-corrected chi connectivity index (χ4v) is 9.44. The first-order chi connectivity index (χ1) is 13.6. The molecule has 0 bridgehead atoms. The SMILES string of the molecule is CC(C)CCC[C@@H](C)[C@H]1CC[C@H]2[C@@H]3CC[C@@]4(O)[C@@H](N)CCC[C@]4(C)[C@H]3CC[C@]12C. The fraction of sp³-hybridized carbons (Fsp3) is 1.00. The molecule has 168 valence electrons. The summed E-state index contributed by atoms with van der Waals surface area (Å²) in [5.41, 5.74) is 6.53. The van der Waals surface area contributed by atoms with Gasteiger partial charge in [-0.15, -0.1) is 0 Å². The summed E-state index contributed by atoms with van der Waals surface area (Å²) >= 11 is 0. The molecule has 0 saturated heterocycles. The summed E-state index contributed by atoms with van der Waals surface area (Å²) in [5, 5.41) is 11.7. The molecule has 0 spiro atoms. The van der Waals surface area contributed by atoms with Crippen molar-refractivity contribution in [3.63, 3.8) is 0 Å². The molecule has 2 nitrogen and oxygen atoms in total. The van der Waals surface area contributed by atoms with E-state index in [0.717, 1.165) is 42.4 Å². The number of hydrogen-bond acceptors (Lipinski definition) is 2. The molecular formula is C27H49NO. The summed E-state index contributed by atoms with van der Waals surface area (Å²) in [6, 6.07) is -0.00665. The van der Waals surface area contributed by atoms with E-state index in [1.54, 1.807) is 0 Å². The Labute approximate surface area is 180 Å². The van der Waals surface area contributed by atoms with E-state index in [9.17, 15) is 5.11 Å². The Bertz CT molecular complexity index is 589. The van der Waals surface area contributed by atoms with Gasteiger partial charge in [0.2, 0.25) is 0 Å². The summed E-state index contributed by atoms with van der Waals surface area (Å²) in [5.74, 6) is 5.05. The van der Waals surface area contributed by atoms with E-state index < -0.39 is 5.60 Å². The molecule has 0 aromatic carbocycles. The van der Waals surface area contributed by atoms with E-state index in [2.05, 4.69) is 34.6 Å². The molecule has 4 fully saturated rings. The lowest BCUT2D eigenvalue weighted by Gasteiger charge is -2.65. The number of rotatable bonds is 5. The summed E-state index contributed by atoms with van der Waals surface area (Å²) in [7, 11) is 0. The van der Waals surface area contributed by atoms with Gasteiger partial charge in [0.15, 0.2) is 0 Å². The third kappa shape index (κ3) is 3.34. The van der Waals surface area contributed by atoms with Crippen molar-refractivity contribution in [3.05, 3.63) is 0 Å². The molecule has 9 atom stereocenters. The molecule has 0 aromatic heterocycles. The molecule has 4 aliphatic rings. The van der Waals surface area contributed by atoms with Gasteiger partial charge in [-0.3, -0.25) is 0 Å². The van der Waals surface area contributed by atoms with Gasteiger partial charge < -0.3 is 10.8 Å². The van der Waals surface area contributed by atoms with Crippen molar-refractivity contribution in [2.75, 3.05) is 0 Å². The van der Waals surface area contributed by atoms with Crippen LogP contribution in [0.15, 0.2) is 0 Å². The quantitative estimate of drug-likeness (QED) is 0.546. The molecule has 4 saturated carbocycles. The highest BCUT2D eigenvalue weighted by Crippen LogP contribution is 2.69. The van der Waals surface area contributed by atoms with Crippen LogP contribution >= 0.6 is 0 Å². The van der Waals surface area contributed by atoms with Crippen LogP contribution < -0.4 is 5.73 Å². The lowest BCUT2D eigenvalue weighted by Crippen LogP contribution is -2.68. The van der Waals surface area contributed by atoms with Crippen LogP contribution in [-0.4, -0.2) is 16.7 Å². The van der Waals surface area contributed by atoms with Crippen LogP contribution in [-0.2, 0) is 0 Å². The number of aliphatic hydroxyl groups is 1. The molecule has 4 rings (SSSR count). The molecule has 3 N–H and O–H groups in total. The Morgan fingerprint density at radius 2 is 1.66 bits per heavy atom. The standard InChI is InChI=1S/C27H49NO/c1-18(2)8-6-9-19(3)21-11-12-22-20-13-17-27(29)24(28)10-7-15-26(27,5)23(20)14-16-25(21,22)4/h18-24,29H,6-17,28H2,1-5H3/t19-,20+,21-,22+,23+,24+,25-,26-,27-/m1/s1. The van der Waals surface area contributed by atoms with Crippen LogP contribution in [0, 0.1) is 46.3 Å². The van der Waals surface area contributed by atoms with Crippen molar-refractivity contribution in [1.29, 1.82) is 0 Å². The van der Waals surface area contributed by atoms with E-state index >= 15 is 0 Å². The maximum absolute atomic E-state index is 11.7. The van der Waals surface area contributed by atoms with Crippen molar-refractivity contribution < 1.29 is 5.11 Å². The minimum atomic E-state index is -0.609. The lowest BCUT2D eigenvalue weighted by atomic mass is 9.42. The Kier molecular flexibility index (Phi) is 5.95. The molecule has 0 aromatic rings. The highest BCUT2D eigenvalue weighted by molar-refractivity contribution is 5.16. The minimum Gasteiger partial charge on any atom is -0.388 e. The van der Waals surface area contributed by atoms with E-state index in [1.807, 2.05) is 0 Å². The zero-order valence-electron chi connectivity index (χ0n) is 20.1. The van der Waals surface area contributed by atoms with Crippen LogP contribution in [0.3, 0.4) is 0 Å². The largest absolute Gasteiger partial charge is 0.388 e. The minimum absolute atomic E-state index is 0.00665. The highest BCUT2D eigenvalue weighted by Gasteiger charge is 2.65. The van der Waals surface area contributed by atoms with Gasteiger partial charge in [-0.1, -0.05) is 60.3 Å². The van der Waals surface area contributed by atoms with E-state index in [4.69, 9.17) is 5.73 Å². The van der Waals surface area contributed by atoms with E-state index in [-0.39, 0.29) is 11.5 Å². The molecule has 2 heteroatoms. The van der Waals surface area contributed by atoms with Crippen molar-refractivity contribution in [1.82, 2.24) is 0 Å². The first-order valence-electron chi connectivity index (χ1n) is 13.1. The second-order valence-corrected chi connectivity index (χ2v) is 12.8. The van der Waals surface area contributed by atoms with Gasteiger partial charge in [0.05, 0.1) is 5.60 Å². The summed E-state index contributed by atoms with van der Waals surface area (Å²) in [6.45, 7) is 12.4. The van der Waals surface area contributed by atoms with Gasteiger partial charge in [0.25, 0.3) is 0 Å². The van der Waals surface area contributed by atoms with Crippen LogP contribution in [0.1, 0.15) is 112 Å². The topological polar surface area (TPSA) is 46.2 Å². The van der Waals surface area contributed by atoms with Gasteiger partial charge in [-0.25, -0.2) is 0 Å². The molecule has 0 aliphatic heterocycles. The molecule has 0 radical (unpaired) electrons. The van der Waals surface area contributed by atoms with Crippen molar-refractivity contribution in [2.24, 2.45) is 52.1 Å². The Morgan fingerprint density at radius 1 is 0.897 bits per heavy atom. The van der Waals surface area contributed by atoms with Crippen LogP contribution in [0.5, 0.6) is 0 Å². The van der Waals surface area contributed by atoms with Crippen LogP contribution in [0.2, 0.25) is 0 Å². The first kappa shape index (κ1) is 22.1. The number of fused-ring (bicyclic) bond motifs is 5. The van der Waals surface area contributed by atoms with Crippen LogP contribution in [0.25, 0.3) is 0 Å². The second-order valence-electron chi connectivity index (χ2n) is 12.8. The van der Waals surface area contributed by atoms with Gasteiger partial charge >= 0.3 is 0 Å². The summed E-state index contributed by atoms with van der Waals surface area (Å²) in [6.07, 6.45) is 15.4. The Balaban J connectivity index is 1.51. The van der Waals surface area contributed by atoms with Crippen molar-refractivity contribution >= 4 is 0 Å². The van der Waals surface area contributed by atoms with Crippen LogP contribution in [0.4, 0.5) is 0 Å². The summed E-state index contributed by atoms with van der Waals surface area (Å²) in [4.78, 5) is 0. The smallest absolute Gasteiger partial charge is 0.0853 e. The van der Waals surface area contributed by atoms with Gasteiger partial charge in [0, 0.05) is 11.5 Å². The Hall–Kier alpha value is -0.0800. The predicted molar refractivity (Wildman–Crippen MR) is 123 cm³/mol. The normalized spacial score (nSPS) is 50.7. The van der Waals surface area contributed by atoms with Gasteiger partial charge in [0.1, 0.15) is 0 Å². The van der Waals surface area contributed by atoms with Gasteiger partial charge in [-0.2, -0.15) is 0 Å².